The van der Waals surface area contributed by atoms with Gasteiger partial charge in [-0.1, -0.05) is 41.9 Å². The van der Waals surface area contributed by atoms with Crippen molar-refractivity contribution in [1.82, 2.24) is 0 Å². The molecule has 0 saturated heterocycles. The van der Waals surface area contributed by atoms with Crippen LogP contribution in [0.3, 0.4) is 0 Å². The van der Waals surface area contributed by atoms with Gasteiger partial charge in [-0.05, 0) is 35.0 Å². The van der Waals surface area contributed by atoms with E-state index in [0.717, 1.165) is 16.8 Å². The molecule has 0 radical (unpaired) electrons. The monoisotopic (exact) mass is 342 g/mol. The summed E-state index contributed by atoms with van der Waals surface area (Å²) >= 11 is 5.73. The summed E-state index contributed by atoms with van der Waals surface area (Å²) in [5.74, 6) is 0.336. The topological polar surface area (TPSA) is 81.5 Å². The lowest BCUT2D eigenvalue weighted by molar-refractivity contribution is -0.383. The molecule has 0 saturated carbocycles. The van der Waals surface area contributed by atoms with E-state index in [1.54, 1.807) is 12.1 Å². The number of halogens is 1. The van der Waals surface area contributed by atoms with Crippen LogP contribution in [-0.4, -0.2) is 11.0 Å². The minimum atomic E-state index is -0.823. The second-order valence-electron chi connectivity index (χ2n) is 4.94. The first-order valence-corrected chi connectivity index (χ1v) is 7.32. The molecule has 0 bridgehead atoms. The number of hydrogen-bond acceptors (Lipinski definition) is 4. The summed E-state index contributed by atoms with van der Waals surface area (Å²) in [6, 6.07) is 16.8. The van der Waals surface area contributed by atoms with Gasteiger partial charge in [0.05, 0.1) is 4.92 Å². The van der Waals surface area contributed by atoms with Gasteiger partial charge in [-0.2, -0.15) is 0 Å². The van der Waals surface area contributed by atoms with Crippen molar-refractivity contribution in [3.05, 3.63) is 75.8 Å². The molecule has 3 aromatic carbocycles. The maximum absolute atomic E-state index is 12.0. The molecule has 1 amide bonds. The molecule has 0 heterocycles. The highest BCUT2D eigenvalue weighted by atomic mass is 35.5. The van der Waals surface area contributed by atoms with E-state index in [1.165, 1.54) is 12.1 Å². The summed E-state index contributed by atoms with van der Waals surface area (Å²) in [5.41, 5.74) is -0.298. The van der Waals surface area contributed by atoms with Crippen LogP contribution in [0.5, 0.6) is 5.75 Å². The molecule has 6 nitrogen and oxygen atoms in total. The lowest BCUT2D eigenvalue weighted by Gasteiger charge is -2.08. The van der Waals surface area contributed by atoms with Gasteiger partial charge in [0.2, 0.25) is 0 Å². The van der Waals surface area contributed by atoms with Crippen molar-refractivity contribution in [2.24, 2.45) is 0 Å². The maximum Gasteiger partial charge on any atom is 0.417 e. The van der Waals surface area contributed by atoms with Gasteiger partial charge in [0.25, 0.3) is 5.69 Å². The molecule has 120 valence electrons. The number of nitro groups is 1. The predicted octanol–water partition coefficient (Wildman–Crippen LogP) is 5.01. The highest BCUT2D eigenvalue weighted by Crippen LogP contribution is 2.28. The number of benzene rings is 3. The summed E-state index contributed by atoms with van der Waals surface area (Å²) in [6.07, 6.45) is -0.823. The number of carbonyl (C=O) groups excluding carboxylic acids is 1. The number of fused-ring (bicyclic) bond motifs is 1. The Kier molecular flexibility index (Phi) is 4.31. The largest absolute Gasteiger partial charge is 0.417 e. The van der Waals surface area contributed by atoms with Crippen molar-refractivity contribution in [2.45, 2.75) is 0 Å². The van der Waals surface area contributed by atoms with Crippen LogP contribution < -0.4 is 10.1 Å². The van der Waals surface area contributed by atoms with Crippen LogP contribution in [0.15, 0.2) is 60.7 Å². The van der Waals surface area contributed by atoms with Gasteiger partial charge in [-0.15, -0.1) is 0 Å². The van der Waals surface area contributed by atoms with E-state index in [-0.39, 0.29) is 16.4 Å². The van der Waals surface area contributed by atoms with Crippen molar-refractivity contribution in [1.29, 1.82) is 0 Å². The van der Waals surface area contributed by atoms with Crippen molar-refractivity contribution >= 4 is 39.8 Å². The quantitative estimate of drug-likeness (QED) is 0.535. The van der Waals surface area contributed by atoms with Gasteiger partial charge >= 0.3 is 6.09 Å². The molecular formula is C17H11ClN2O4. The third-order valence-corrected chi connectivity index (χ3v) is 3.56. The van der Waals surface area contributed by atoms with Crippen molar-refractivity contribution in [3.8, 4) is 5.75 Å². The molecular weight excluding hydrogens is 332 g/mol. The highest BCUT2D eigenvalue weighted by Gasteiger charge is 2.17. The molecule has 3 rings (SSSR count). The fraction of sp³-hybridized carbons (Fsp3) is 0. The average Bonchev–Trinajstić information content (AvgIpc) is 2.56. The molecule has 24 heavy (non-hydrogen) atoms. The second kappa shape index (κ2) is 6.55. The zero-order valence-electron chi connectivity index (χ0n) is 12.2. The number of ether oxygens (including phenoxy) is 1. The number of rotatable bonds is 3. The van der Waals surface area contributed by atoms with E-state index in [9.17, 15) is 14.9 Å². The SMILES string of the molecule is O=C(Nc1ccc(Cl)cc1[N+](=O)[O-])Oc1ccc2ccccc2c1. The highest BCUT2D eigenvalue weighted by molar-refractivity contribution is 6.31. The predicted molar refractivity (Wildman–Crippen MR) is 91.7 cm³/mol. The Labute approximate surface area is 141 Å². The molecule has 0 unspecified atom stereocenters. The molecule has 0 fully saturated rings. The first-order valence-electron chi connectivity index (χ1n) is 6.94. The zero-order chi connectivity index (χ0) is 17.1. The van der Waals surface area contributed by atoms with Crippen LogP contribution in [0.25, 0.3) is 10.8 Å². The lowest BCUT2D eigenvalue weighted by Crippen LogP contribution is -2.17. The molecule has 1 N–H and O–H groups in total. The Hall–Kier alpha value is -3.12. The van der Waals surface area contributed by atoms with Crippen LogP contribution in [-0.2, 0) is 0 Å². The molecule has 3 aromatic rings. The van der Waals surface area contributed by atoms with Crippen molar-refractivity contribution < 1.29 is 14.5 Å². The number of nitro benzene ring substituents is 1. The summed E-state index contributed by atoms with van der Waals surface area (Å²) < 4.78 is 5.19. The number of anilines is 1. The Bertz CT molecular complexity index is 943. The summed E-state index contributed by atoms with van der Waals surface area (Å²) in [5, 5.41) is 15.5. The molecule has 7 heteroatoms. The van der Waals surface area contributed by atoms with Crippen LogP contribution >= 0.6 is 11.6 Å². The van der Waals surface area contributed by atoms with E-state index in [1.807, 2.05) is 30.3 Å². The molecule has 0 aromatic heterocycles. The zero-order valence-corrected chi connectivity index (χ0v) is 13.0. The number of amides is 1. The number of carbonyl (C=O) groups is 1. The second-order valence-corrected chi connectivity index (χ2v) is 5.38. The van der Waals surface area contributed by atoms with Gasteiger partial charge in [0.15, 0.2) is 0 Å². The minimum absolute atomic E-state index is 0.00943. The smallest absolute Gasteiger partial charge is 0.410 e. The van der Waals surface area contributed by atoms with Crippen LogP contribution in [0.1, 0.15) is 0 Å². The lowest BCUT2D eigenvalue weighted by atomic mass is 10.1. The average molecular weight is 343 g/mol. The van der Waals surface area contributed by atoms with Crippen LogP contribution in [0.2, 0.25) is 5.02 Å². The fourth-order valence-electron chi connectivity index (χ4n) is 2.23. The van der Waals surface area contributed by atoms with Crippen LogP contribution in [0, 0.1) is 10.1 Å². The van der Waals surface area contributed by atoms with Crippen LogP contribution in [0.4, 0.5) is 16.2 Å². The first kappa shape index (κ1) is 15.8. The van der Waals surface area contributed by atoms with Gasteiger partial charge < -0.3 is 4.74 Å². The van der Waals surface area contributed by atoms with Gasteiger partial charge in [0.1, 0.15) is 11.4 Å². The Morgan fingerprint density at radius 3 is 2.54 bits per heavy atom. The third-order valence-electron chi connectivity index (χ3n) is 3.32. The number of hydrogen-bond donors (Lipinski definition) is 1. The van der Waals surface area contributed by atoms with E-state index >= 15 is 0 Å². The molecule has 0 aliphatic rings. The van der Waals surface area contributed by atoms with Gasteiger partial charge in [-0.25, -0.2) is 4.79 Å². The number of nitrogens with zero attached hydrogens (tertiary/aromatic N) is 1. The van der Waals surface area contributed by atoms with E-state index in [2.05, 4.69) is 5.32 Å². The molecule has 0 spiro atoms. The van der Waals surface area contributed by atoms with Gasteiger partial charge in [0, 0.05) is 11.1 Å². The summed E-state index contributed by atoms with van der Waals surface area (Å²) in [7, 11) is 0. The Morgan fingerprint density at radius 1 is 1.04 bits per heavy atom. The normalized spacial score (nSPS) is 10.4. The van der Waals surface area contributed by atoms with E-state index in [0.29, 0.717) is 5.75 Å². The third kappa shape index (κ3) is 3.44. The van der Waals surface area contributed by atoms with E-state index in [4.69, 9.17) is 16.3 Å². The fourth-order valence-corrected chi connectivity index (χ4v) is 2.40. The summed E-state index contributed by atoms with van der Waals surface area (Å²) in [6.45, 7) is 0. The van der Waals surface area contributed by atoms with Crippen molar-refractivity contribution in [2.75, 3.05) is 5.32 Å². The minimum Gasteiger partial charge on any atom is -0.410 e. The molecule has 0 aliphatic carbocycles. The maximum atomic E-state index is 12.0. The number of nitrogens with one attached hydrogen (secondary N) is 1. The Morgan fingerprint density at radius 2 is 1.79 bits per heavy atom. The van der Waals surface area contributed by atoms with Gasteiger partial charge in [-0.3, -0.25) is 15.4 Å². The van der Waals surface area contributed by atoms with Crippen molar-refractivity contribution in [3.63, 3.8) is 0 Å². The molecule has 0 aliphatic heterocycles. The standard InChI is InChI=1S/C17H11ClN2O4/c18-13-6-8-15(16(10-13)20(22)23)19-17(21)24-14-7-5-11-3-1-2-4-12(11)9-14/h1-10H,(H,19,21). The molecule has 0 atom stereocenters. The first-order chi connectivity index (χ1) is 11.5. The van der Waals surface area contributed by atoms with E-state index < -0.39 is 11.0 Å². The summed E-state index contributed by atoms with van der Waals surface area (Å²) in [4.78, 5) is 22.4. The Balaban J connectivity index is 1.79.